The van der Waals surface area contributed by atoms with E-state index in [1.807, 2.05) is 0 Å². The fourth-order valence-electron chi connectivity index (χ4n) is 1.12. The van der Waals surface area contributed by atoms with E-state index in [1.54, 1.807) is 0 Å². The predicted molar refractivity (Wildman–Crippen MR) is 54.0 cm³/mol. The molecule has 1 aromatic rings. The van der Waals surface area contributed by atoms with E-state index in [4.69, 9.17) is 5.11 Å². The van der Waals surface area contributed by atoms with Crippen molar-refractivity contribution in [2.75, 3.05) is 6.26 Å². The first-order valence-electron chi connectivity index (χ1n) is 4.09. The van der Waals surface area contributed by atoms with Gasteiger partial charge in [-0.15, -0.1) is 0 Å². The average Bonchev–Trinajstić information content (AvgIpc) is 2.15. The molecule has 6 heteroatoms. The Morgan fingerprint density at radius 3 is 2.60 bits per heavy atom. The quantitative estimate of drug-likeness (QED) is 0.806. The Morgan fingerprint density at radius 2 is 2.13 bits per heavy atom. The summed E-state index contributed by atoms with van der Waals surface area (Å²) in [6.07, 6.45) is 1.29. The van der Waals surface area contributed by atoms with E-state index >= 15 is 0 Å². The van der Waals surface area contributed by atoms with Gasteiger partial charge in [-0.3, -0.25) is 4.79 Å². The number of carboxylic acids is 1. The summed E-state index contributed by atoms with van der Waals surface area (Å²) in [5.74, 6) is -1.90. The summed E-state index contributed by atoms with van der Waals surface area (Å²) in [5.41, 5.74) is -0.0276. The van der Waals surface area contributed by atoms with Crippen molar-refractivity contribution >= 4 is 17.0 Å². The Labute approximate surface area is 88.7 Å². The van der Waals surface area contributed by atoms with Crippen molar-refractivity contribution in [2.45, 2.75) is 6.04 Å². The second-order valence-corrected chi connectivity index (χ2v) is 4.01. The van der Waals surface area contributed by atoms with Crippen LogP contribution >= 0.6 is 0 Å². The van der Waals surface area contributed by atoms with Crippen LogP contribution in [0.25, 0.3) is 0 Å². The zero-order chi connectivity index (χ0) is 11.4. The van der Waals surface area contributed by atoms with Crippen LogP contribution in [0.1, 0.15) is 11.6 Å². The van der Waals surface area contributed by atoms with Crippen LogP contribution in [-0.2, 0) is 15.8 Å². The lowest BCUT2D eigenvalue weighted by molar-refractivity contribution is -0.139. The minimum Gasteiger partial charge on any atom is -0.480 e. The van der Waals surface area contributed by atoms with Crippen molar-refractivity contribution < 1.29 is 18.5 Å². The standard InChI is InChI=1S/C9H10FNO3S/c1-15(14)11-8(9(12)13)6-4-2-3-5-7(6)10/h2-5,8,11H,1H3,(H,12,13). The minimum absolute atomic E-state index is 0.0276. The molecule has 0 aliphatic heterocycles. The van der Waals surface area contributed by atoms with Gasteiger partial charge in [0, 0.05) is 11.8 Å². The summed E-state index contributed by atoms with van der Waals surface area (Å²) in [4.78, 5) is 10.8. The van der Waals surface area contributed by atoms with E-state index in [0.717, 1.165) is 6.07 Å². The molecule has 0 heterocycles. The van der Waals surface area contributed by atoms with Crippen LogP contribution in [0.3, 0.4) is 0 Å². The molecule has 0 spiro atoms. The minimum atomic E-state index is -1.52. The van der Waals surface area contributed by atoms with Gasteiger partial charge in [0.05, 0.1) is 11.0 Å². The summed E-state index contributed by atoms with van der Waals surface area (Å²) >= 11 is 0. The van der Waals surface area contributed by atoms with E-state index in [1.165, 1.54) is 24.5 Å². The molecule has 0 radical (unpaired) electrons. The number of hydrogen-bond acceptors (Lipinski definition) is 2. The molecule has 2 atom stereocenters. The second kappa shape index (κ2) is 4.99. The third kappa shape index (κ3) is 3.10. The number of carboxylic acid groups (broad SMARTS) is 1. The lowest BCUT2D eigenvalue weighted by Crippen LogP contribution is -2.30. The molecule has 82 valence electrons. The lowest BCUT2D eigenvalue weighted by atomic mass is 10.1. The van der Waals surface area contributed by atoms with E-state index in [9.17, 15) is 13.4 Å². The highest BCUT2D eigenvalue weighted by Gasteiger charge is 2.23. The Hall–Kier alpha value is -1.27. The van der Waals surface area contributed by atoms with E-state index in [0.29, 0.717) is 0 Å². The fraction of sp³-hybridized carbons (Fsp3) is 0.222. The van der Waals surface area contributed by atoms with Crippen molar-refractivity contribution in [1.29, 1.82) is 0 Å². The molecule has 0 aliphatic rings. The molecule has 0 fully saturated rings. The molecule has 2 unspecified atom stereocenters. The van der Waals surface area contributed by atoms with Gasteiger partial charge >= 0.3 is 5.97 Å². The maximum atomic E-state index is 13.2. The van der Waals surface area contributed by atoms with Crippen molar-refractivity contribution in [2.24, 2.45) is 0 Å². The Bertz CT molecular complexity index is 397. The Kier molecular flexibility index (Phi) is 3.93. The highest BCUT2D eigenvalue weighted by Crippen LogP contribution is 2.17. The highest BCUT2D eigenvalue weighted by molar-refractivity contribution is 7.82. The van der Waals surface area contributed by atoms with Gasteiger partial charge in [0.2, 0.25) is 0 Å². The molecule has 0 saturated carbocycles. The van der Waals surface area contributed by atoms with Gasteiger partial charge in [-0.25, -0.2) is 13.3 Å². The number of benzene rings is 1. The molecule has 0 saturated heterocycles. The molecule has 0 aromatic heterocycles. The predicted octanol–water partition coefficient (Wildman–Crippen LogP) is 0.834. The molecule has 1 rings (SSSR count). The van der Waals surface area contributed by atoms with Crippen molar-refractivity contribution in [1.82, 2.24) is 4.72 Å². The number of nitrogens with one attached hydrogen (secondary N) is 1. The third-order valence-electron chi connectivity index (χ3n) is 1.75. The zero-order valence-electron chi connectivity index (χ0n) is 7.94. The van der Waals surface area contributed by atoms with Gasteiger partial charge in [-0.1, -0.05) is 18.2 Å². The van der Waals surface area contributed by atoms with Gasteiger partial charge in [-0.2, -0.15) is 0 Å². The van der Waals surface area contributed by atoms with Crippen LogP contribution in [-0.4, -0.2) is 21.5 Å². The Morgan fingerprint density at radius 1 is 1.53 bits per heavy atom. The third-order valence-corrected chi connectivity index (χ3v) is 2.31. The van der Waals surface area contributed by atoms with E-state index in [-0.39, 0.29) is 5.56 Å². The van der Waals surface area contributed by atoms with Gasteiger partial charge < -0.3 is 5.11 Å². The molecule has 15 heavy (non-hydrogen) atoms. The topological polar surface area (TPSA) is 66.4 Å². The number of rotatable bonds is 4. The monoisotopic (exact) mass is 231 g/mol. The van der Waals surface area contributed by atoms with Crippen LogP contribution < -0.4 is 4.72 Å². The average molecular weight is 231 g/mol. The van der Waals surface area contributed by atoms with Gasteiger partial charge in [0.1, 0.15) is 11.9 Å². The first kappa shape index (κ1) is 11.8. The maximum Gasteiger partial charge on any atom is 0.326 e. The van der Waals surface area contributed by atoms with E-state index in [2.05, 4.69) is 4.72 Å². The van der Waals surface area contributed by atoms with Crippen molar-refractivity contribution in [3.8, 4) is 0 Å². The molecular weight excluding hydrogens is 221 g/mol. The Balaban J connectivity index is 3.04. The summed E-state index contributed by atoms with van der Waals surface area (Å²) in [5, 5.41) is 8.84. The van der Waals surface area contributed by atoms with Crippen molar-refractivity contribution in [3.05, 3.63) is 35.6 Å². The summed E-state index contributed by atoms with van der Waals surface area (Å²) in [6.45, 7) is 0. The van der Waals surface area contributed by atoms with Crippen LogP contribution in [0.5, 0.6) is 0 Å². The van der Waals surface area contributed by atoms with Gasteiger partial charge in [0.15, 0.2) is 0 Å². The molecule has 0 amide bonds. The summed E-state index contributed by atoms with van der Waals surface area (Å²) in [7, 11) is -1.52. The number of halogens is 1. The molecule has 2 N–H and O–H groups in total. The van der Waals surface area contributed by atoms with Gasteiger partial charge in [-0.05, 0) is 6.07 Å². The summed E-state index contributed by atoms with van der Waals surface area (Å²) in [6, 6.07) is 4.19. The normalized spacial score (nSPS) is 14.5. The largest absolute Gasteiger partial charge is 0.480 e. The number of hydrogen-bond donors (Lipinski definition) is 2. The van der Waals surface area contributed by atoms with Crippen molar-refractivity contribution in [3.63, 3.8) is 0 Å². The molecule has 1 aromatic carbocycles. The van der Waals surface area contributed by atoms with E-state index < -0.39 is 28.8 Å². The summed E-state index contributed by atoms with van der Waals surface area (Å²) < 4.78 is 26.4. The van der Waals surface area contributed by atoms with Crippen LogP contribution in [0.15, 0.2) is 24.3 Å². The fourth-order valence-corrected chi connectivity index (χ4v) is 1.68. The SMILES string of the molecule is CS(=O)NC(C(=O)O)c1ccccc1F. The molecule has 0 aliphatic carbocycles. The molecular formula is C9H10FNO3S. The lowest BCUT2D eigenvalue weighted by Gasteiger charge is -2.13. The van der Waals surface area contributed by atoms with Crippen LogP contribution in [0.2, 0.25) is 0 Å². The van der Waals surface area contributed by atoms with Crippen LogP contribution in [0, 0.1) is 5.82 Å². The number of carbonyl (C=O) groups is 1. The smallest absolute Gasteiger partial charge is 0.326 e. The highest BCUT2D eigenvalue weighted by atomic mass is 32.2. The molecule has 4 nitrogen and oxygen atoms in total. The second-order valence-electron chi connectivity index (χ2n) is 2.86. The van der Waals surface area contributed by atoms with Crippen LogP contribution in [0.4, 0.5) is 4.39 Å². The number of aliphatic carboxylic acids is 1. The maximum absolute atomic E-state index is 13.2. The molecule has 0 bridgehead atoms. The first-order chi connectivity index (χ1) is 7.02. The first-order valence-corrected chi connectivity index (χ1v) is 5.65. The van der Waals surface area contributed by atoms with Gasteiger partial charge in [0.25, 0.3) is 0 Å². The zero-order valence-corrected chi connectivity index (χ0v) is 8.75.